The first-order valence-electron chi connectivity index (χ1n) is 6.81. The Morgan fingerprint density at radius 3 is 2.75 bits per heavy atom. The SMILES string of the molecule is O=C(O)c1ccc(CN2CCC(c3ccccc3)C2)o1. The fourth-order valence-corrected chi connectivity index (χ4v) is 2.77. The van der Waals surface area contributed by atoms with Gasteiger partial charge in [0.25, 0.3) is 0 Å². The maximum atomic E-state index is 10.8. The van der Waals surface area contributed by atoms with Crippen LogP contribution < -0.4 is 0 Å². The van der Waals surface area contributed by atoms with Crippen LogP contribution in [0.3, 0.4) is 0 Å². The molecule has 1 fully saturated rings. The third kappa shape index (κ3) is 2.75. The van der Waals surface area contributed by atoms with E-state index in [-0.39, 0.29) is 5.76 Å². The number of carbonyl (C=O) groups is 1. The van der Waals surface area contributed by atoms with E-state index in [1.807, 2.05) is 6.07 Å². The third-order valence-corrected chi connectivity index (χ3v) is 3.80. The summed E-state index contributed by atoms with van der Waals surface area (Å²) in [4.78, 5) is 13.1. The summed E-state index contributed by atoms with van der Waals surface area (Å²) in [6.07, 6.45) is 1.14. The van der Waals surface area contributed by atoms with E-state index in [1.165, 1.54) is 11.6 Å². The maximum Gasteiger partial charge on any atom is 0.371 e. The lowest BCUT2D eigenvalue weighted by Crippen LogP contribution is -2.19. The fraction of sp³-hybridized carbons (Fsp3) is 0.312. The molecule has 0 bridgehead atoms. The molecule has 1 aromatic heterocycles. The van der Waals surface area contributed by atoms with Gasteiger partial charge >= 0.3 is 5.97 Å². The smallest absolute Gasteiger partial charge is 0.371 e. The van der Waals surface area contributed by atoms with Crippen molar-refractivity contribution >= 4 is 5.97 Å². The van der Waals surface area contributed by atoms with Crippen molar-refractivity contribution in [3.05, 3.63) is 59.5 Å². The summed E-state index contributed by atoms with van der Waals surface area (Å²) in [6, 6.07) is 13.8. The van der Waals surface area contributed by atoms with Crippen LogP contribution in [0.4, 0.5) is 0 Å². The van der Waals surface area contributed by atoms with Crippen molar-refractivity contribution < 1.29 is 14.3 Å². The number of furan rings is 1. The molecule has 20 heavy (non-hydrogen) atoms. The molecule has 1 N–H and O–H groups in total. The topological polar surface area (TPSA) is 53.7 Å². The molecule has 2 heterocycles. The van der Waals surface area contributed by atoms with E-state index in [2.05, 4.69) is 29.2 Å². The quantitative estimate of drug-likeness (QED) is 0.928. The summed E-state index contributed by atoms with van der Waals surface area (Å²) in [7, 11) is 0. The Morgan fingerprint density at radius 1 is 1.25 bits per heavy atom. The van der Waals surface area contributed by atoms with Crippen LogP contribution in [0.15, 0.2) is 46.9 Å². The Hall–Kier alpha value is -2.07. The fourth-order valence-electron chi connectivity index (χ4n) is 2.77. The minimum Gasteiger partial charge on any atom is -0.475 e. The van der Waals surface area contributed by atoms with Crippen molar-refractivity contribution in [1.82, 2.24) is 4.90 Å². The normalized spacial score (nSPS) is 19.3. The molecule has 4 nitrogen and oxygen atoms in total. The highest BCUT2D eigenvalue weighted by molar-refractivity contribution is 5.84. The number of likely N-dealkylation sites (tertiary alicyclic amines) is 1. The molecule has 4 heteroatoms. The second-order valence-corrected chi connectivity index (χ2v) is 5.20. The van der Waals surface area contributed by atoms with Gasteiger partial charge in [0.1, 0.15) is 5.76 Å². The first-order chi connectivity index (χ1) is 9.72. The zero-order valence-corrected chi connectivity index (χ0v) is 11.2. The van der Waals surface area contributed by atoms with Gasteiger partial charge in [0.05, 0.1) is 6.54 Å². The second kappa shape index (κ2) is 5.51. The highest BCUT2D eigenvalue weighted by Crippen LogP contribution is 2.28. The Morgan fingerprint density at radius 2 is 2.05 bits per heavy atom. The third-order valence-electron chi connectivity index (χ3n) is 3.80. The highest BCUT2D eigenvalue weighted by Gasteiger charge is 2.24. The monoisotopic (exact) mass is 271 g/mol. The van der Waals surface area contributed by atoms with Crippen molar-refractivity contribution in [3.8, 4) is 0 Å². The first-order valence-corrected chi connectivity index (χ1v) is 6.81. The molecule has 1 aliphatic heterocycles. The lowest BCUT2D eigenvalue weighted by atomic mass is 9.99. The molecule has 1 unspecified atom stereocenters. The average molecular weight is 271 g/mol. The number of hydrogen-bond donors (Lipinski definition) is 1. The summed E-state index contributed by atoms with van der Waals surface area (Å²) >= 11 is 0. The number of benzene rings is 1. The predicted molar refractivity (Wildman–Crippen MR) is 74.7 cm³/mol. The molecule has 1 aromatic carbocycles. The van der Waals surface area contributed by atoms with Crippen LogP contribution in [-0.2, 0) is 6.54 Å². The van der Waals surface area contributed by atoms with Crippen molar-refractivity contribution in [1.29, 1.82) is 0 Å². The van der Waals surface area contributed by atoms with E-state index in [1.54, 1.807) is 6.07 Å². The van der Waals surface area contributed by atoms with Crippen LogP contribution in [0.1, 0.15) is 34.2 Å². The minimum absolute atomic E-state index is 0.0128. The Labute approximate surface area is 117 Å². The summed E-state index contributed by atoms with van der Waals surface area (Å²) < 4.78 is 5.31. The van der Waals surface area contributed by atoms with E-state index >= 15 is 0 Å². The van der Waals surface area contributed by atoms with Gasteiger partial charge in [-0.15, -0.1) is 0 Å². The molecule has 0 radical (unpaired) electrons. The van der Waals surface area contributed by atoms with Gasteiger partial charge in [0.15, 0.2) is 0 Å². The summed E-state index contributed by atoms with van der Waals surface area (Å²) in [6.45, 7) is 2.69. The number of rotatable bonds is 4. The van der Waals surface area contributed by atoms with Gasteiger partial charge in [-0.1, -0.05) is 30.3 Å². The predicted octanol–water partition coefficient (Wildman–Crippen LogP) is 2.97. The Balaban J connectivity index is 1.61. The van der Waals surface area contributed by atoms with Crippen LogP contribution in [-0.4, -0.2) is 29.1 Å². The van der Waals surface area contributed by atoms with E-state index < -0.39 is 5.97 Å². The standard InChI is InChI=1S/C16H17NO3/c18-16(19)15-7-6-14(20-15)11-17-9-8-13(10-17)12-4-2-1-3-5-12/h1-7,13H,8-11H2,(H,18,19). The van der Waals surface area contributed by atoms with Crippen LogP contribution in [0.5, 0.6) is 0 Å². The highest BCUT2D eigenvalue weighted by atomic mass is 16.4. The van der Waals surface area contributed by atoms with Gasteiger partial charge in [-0.2, -0.15) is 0 Å². The molecular formula is C16H17NO3. The number of carboxylic acid groups (broad SMARTS) is 1. The molecule has 1 atom stereocenters. The van der Waals surface area contributed by atoms with Crippen LogP contribution >= 0.6 is 0 Å². The molecule has 104 valence electrons. The van der Waals surface area contributed by atoms with Crippen molar-refractivity contribution in [2.24, 2.45) is 0 Å². The molecule has 2 aromatic rings. The average Bonchev–Trinajstić information content (AvgIpc) is 3.10. The number of aromatic carboxylic acids is 1. The number of nitrogens with zero attached hydrogens (tertiary/aromatic N) is 1. The van der Waals surface area contributed by atoms with Crippen LogP contribution in [0.2, 0.25) is 0 Å². The molecule has 0 aliphatic carbocycles. The van der Waals surface area contributed by atoms with Gasteiger partial charge < -0.3 is 9.52 Å². The number of carboxylic acids is 1. The Kier molecular flexibility index (Phi) is 3.56. The number of hydrogen-bond acceptors (Lipinski definition) is 3. The molecule has 0 spiro atoms. The van der Waals surface area contributed by atoms with E-state index in [0.29, 0.717) is 12.5 Å². The van der Waals surface area contributed by atoms with Gasteiger partial charge in [0.2, 0.25) is 5.76 Å². The molecule has 0 amide bonds. The Bertz CT molecular complexity index is 591. The molecule has 0 saturated carbocycles. The maximum absolute atomic E-state index is 10.8. The first kappa shape index (κ1) is 12.9. The molecule has 3 rings (SSSR count). The van der Waals surface area contributed by atoms with Crippen molar-refractivity contribution in [2.45, 2.75) is 18.9 Å². The second-order valence-electron chi connectivity index (χ2n) is 5.20. The summed E-state index contributed by atoms with van der Waals surface area (Å²) in [5.41, 5.74) is 1.38. The lowest BCUT2D eigenvalue weighted by Gasteiger charge is -2.14. The van der Waals surface area contributed by atoms with Gasteiger partial charge in [-0.25, -0.2) is 4.79 Å². The molecule has 1 saturated heterocycles. The van der Waals surface area contributed by atoms with E-state index in [4.69, 9.17) is 9.52 Å². The van der Waals surface area contributed by atoms with Gasteiger partial charge in [-0.05, 0) is 36.6 Å². The zero-order chi connectivity index (χ0) is 13.9. The summed E-state index contributed by atoms with van der Waals surface area (Å²) in [5.74, 6) is 0.278. The van der Waals surface area contributed by atoms with E-state index in [9.17, 15) is 4.79 Å². The summed E-state index contributed by atoms with van der Waals surface area (Å²) in [5, 5.41) is 8.84. The molecule has 1 aliphatic rings. The zero-order valence-electron chi connectivity index (χ0n) is 11.2. The van der Waals surface area contributed by atoms with Crippen molar-refractivity contribution in [3.63, 3.8) is 0 Å². The largest absolute Gasteiger partial charge is 0.475 e. The van der Waals surface area contributed by atoms with E-state index in [0.717, 1.165) is 25.3 Å². The van der Waals surface area contributed by atoms with Crippen LogP contribution in [0.25, 0.3) is 0 Å². The minimum atomic E-state index is -1.01. The molecular weight excluding hydrogens is 254 g/mol. The lowest BCUT2D eigenvalue weighted by molar-refractivity contribution is 0.0658. The van der Waals surface area contributed by atoms with Gasteiger partial charge in [-0.3, -0.25) is 4.90 Å². The van der Waals surface area contributed by atoms with Gasteiger partial charge in [0, 0.05) is 6.54 Å². The van der Waals surface area contributed by atoms with Crippen molar-refractivity contribution in [2.75, 3.05) is 13.1 Å². The van der Waals surface area contributed by atoms with Crippen LogP contribution in [0, 0.1) is 0 Å².